The van der Waals surface area contributed by atoms with Crippen molar-refractivity contribution in [2.75, 3.05) is 19.0 Å². The van der Waals surface area contributed by atoms with Gasteiger partial charge >= 0.3 is 0 Å². The Balaban J connectivity index is 1.98. The second-order valence-electron chi connectivity index (χ2n) is 6.94. The first kappa shape index (κ1) is 18.6. The molecule has 1 aromatic heterocycles. The van der Waals surface area contributed by atoms with Crippen molar-refractivity contribution in [1.29, 1.82) is 0 Å². The summed E-state index contributed by atoms with van der Waals surface area (Å²) in [4.78, 5) is 6.14. The highest BCUT2D eigenvalue weighted by molar-refractivity contribution is 6.00. The standard InChI is InChI=1S/C23H25N3O/c1-17-4-6-18(7-5-17)22(19-8-10-21(11-9-19)26(2)3)16-23(25-27)20-12-14-24-15-13-20/h4-15,22,27H,16H2,1-3H3/b25-23-. The van der Waals surface area contributed by atoms with Gasteiger partial charge in [0.2, 0.25) is 0 Å². The summed E-state index contributed by atoms with van der Waals surface area (Å²) in [5.41, 5.74) is 6.32. The van der Waals surface area contributed by atoms with E-state index in [4.69, 9.17) is 0 Å². The number of anilines is 1. The molecule has 3 rings (SSSR count). The van der Waals surface area contributed by atoms with Crippen LogP contribution in [0.25, 0.3) is 0 Å². The molecule has 1 unspecified atom stereocenters. The van der Waals surface area contributed by atoms with Crippen molar-refractivity contribution in [2.24, 2.45) is 5.16 Å². The van der Waals surface area contributed by atoms with Crippen molar-refractivity contribution >= 4 is 11.4 Å². The lowest BCUT2D eigenvalue weighted by Gasteiger charge is -2.20. The van der Waals surface area contributed by atoms with Crippen LogP contribution in [-0.2, 0) is 0 Å². The van der Waals surface area contributed by atoms with E-state index in [1.54, 1.807) is 12.4 Å². The molecular weight excluding hydrogens is 334 g/mol. The molecule has 0 spiro atoms. The van der Waals surface area contributed by atoms with E-state index in [2.05, 4.69) is 70.5 Å². The van der Waals surface area contributed by atoms with E-state index >= 15 is 0 Å². The van der Waals surface area contributed by atoms with Gasteiger partial charge in [-0.15, -0.1) is 0 Å². The van der Waals surface area contributed by atoms with E-state index < -0.39 is 0 Å². The van der Waals surface area contributed by atoms with Gasteiger partial charge in [-0.25, -0.2) is 0 Å². The lowest BCUT2D eigenvalue weighted by molar-refractivity contribution is 0.317. The number of oxime groups is 1. The molecule has 3 aromatic rings. The fourth-order valence-corrected chi connectivity index (χ4v) is 3.19. The van der Waals surface area contributed by atoms with Gasteiger partial charge in [-0.2, -0.15) is 0 Å². The van der Waals surface area contributed by atoms with Crippen LogP contribution in [0.2, 0.25) is 0 Å². The number of aromatic nitrogens is 1. The Hall–Kier alpha value is -3.14. The van der Waals surface area contributed by atoms with Gasteiger partial charge in [-0.05, 0) is 42.3 Å². The highest BCUT2D eigenvalue weighted by Gasteiger charge is 2.19. The predicted octanol–water partition coefficient (Wildman–Crippen LogP) is 4.86. The number of hydrogen-bond donors (Lipinski definition) is 1. The van der Waals surface area contributed by atoms with Crippen molar-refractivity contribution in [1.82, 2.24) is 4.98 Å². The van der Waals surface area contributed by atoms with Crippen LogP contribution < -0.4 is 4.90 Å². The SMILES string of the molecule is Cc1ccc(C(C/C(=N/O)c2ccncc2)c2ccc(N(C)C)cc2)cc1. The van der Waals surface area contributed by atoms with E-state index in [0.717, 1.165) is 11.3 Å². The molecule has 0 saturated heterocycles. The minimum atomic E-state index is 0.0980. The summed E-state index contributed by atoms with van der Waals surface area (Å²) in [5.74, 6) is 0.0980. The number of pyridine rings is 1. The molecule has 0 bridgehead atoms. The number of nitrogens with zero attached hydrogens (tertiary/aromatic N) is 3. The van der Waals surface area contributed by atoms with E-state index in [-0.39, 0.29) is 5.92 Å². The fraction of sp³-hybridized carbons (Fsp3) is 0.217. The maximum absolute atomic E-state index is 9.64. The minimum absolute atomic E-state index is 0.0980. The molecule has 0 amide bonds. The van der Waals surface area contributed by atoms with Crippen LogP contribution in [0.5, 0.6) is 0 Å². The maximum atomic E-state index is 9.64. The molecule has 27 heavy (non-hydrogen) atoms. The number of hydrogen-bond acceptors (Lipinski definition) is 4. The first-order valence-corrected chi connectivity index (χ1v) is 9.03. The highest BCUT2D eigenvalue weighted by atomic mass is 16.4. The van der Waals surface area contributed by atoms with Gasteiger partial charge in [0, 0.05) is 50.1 Å². The van der Waals surface area contributed by atoms with Gasteiger partial charge in [0.25, 0.3) is 0 Å². The molecule has 1 heterocycles. The average Bonchev–Trinajstić information content (AvgIpc) is 2.71. The first-order chi connectivity index (χ1) is 13.1. The highest BCUT2D eigenvalue weighted by Crippen LogP contribution is 2.31. The van der Waals surface area contributed by atoms with E-state index in [9.17, 15) is 5.21 Å². The van der Waals surface area contributed by atoms with Crippen molar-refractivity contribution in [3.8, 4) is 0 Å². The van der Waals surface area contributed by atoms with Gasteiger partial charge < -0.3 is 10.1 Å². The average molecular weight is 359 g/mol. The molecule has 2 aromatic carbocycles. The van der Waals surface area contributed by atoms with Crippen molar-refractivity contribution < 1.29 is 5.21 Å². The molecule has 1 atom stereocenters. The molecule has 0 aliphatic carbocycles. The molecule has 0 saturated carbocycles. The van der Waals surface area contributed by atoms with Crippen LogP contribution in [0.15, 0.2) is 78.2 Å². The molecule has 0 aliphatic heterocycles. The summed E-state index contributed by atoms with van der Waals surface area (Å²) in [6.07, 6.45) is 4.03. The summed E-state index contributed by atoms with van der Waals surface area (Å²) >= 11 is 0. The molecule has 0 aliphatic rings. The monoisotopic (exact) mass is 359 g/mol. The number of benzene rings is 2. The summed E-state index contributed by atoms with van der Waals surface area (Å²) in [5, 5.41) is 13.2. The number of aryl methyl sites for hydroxylation is 1. The summed E-state index contributed by atoms with van der Waals surface area (Å²) in [6.45, 7) is 2.09. The van der Waals surface area contributed by atoms with Crippen LogP contribution in [0.3, 0.4) is 0 Å². The lowest BCUT2D eigenvalue weighted by Crippen LogP contribution is -2.12. The third-order valence-corrected chi connectivity index (χ3v) is 4.82. The van der Waals surface area contributed by atoms with Gasteiger partial charge in [0.05, 0.1) is 5.71 Å². The van der Waals surface area contributed by atoms with Gasteiger partial charge in [-0.3, -0.25) is 4.98 Å². The Morgan fingerprint density at radius 1 is 0.926 bits per heavy atom. The summed E-state index contributed by atoms with van der Waals surface area (Å²) < 4.78 is 0. The molecule has 1 N–H and O–H groups in total. The fourth-order valence-electron chi connectivity index (χ4n) is 3.19. The largest absolute Gasteiger partial charge is 0.411 e. The zero-order chi connectivity index (χ0) is 19.2. The normalized spacial score (nSPS) is 12.6. The topological polar surface area (TPSA) is 48.7 Å². The Bertz CT molecular complexity index is 885. The molecule has 138 valence electrons. The van der Waals surface area contributed by atoms with Crippen molar-refractivity contribution in [3.05, 3.63) is 95.3 Å². The van der Waals surface area contributed by atoms with Crippen molar-refractivity contribution in [2.45, 2.75) is 19.3 Å². The lowest BCUT2D eigenvalue weighted by atomic mass is 9.85. The minimum Gasteiger partial charge on any atom is -0.411 e. The summed E-state index contributed by atoms with van der Waals surface area (Å²) in [7, 11) is 4.07. The molecule has 0 radical (unpaired) electrons. The van der Waals surface area contributed by atoms with Crippen LogP contribution >= 0.6 is 0 Å². The smallest absolute Gasteiger partial charge is 0.0878 e. The van der Waals surface area contributed by atoms with Crippen LogP contribution in [0.4, 0.5) is 5.69 Å². The molecular formula is C23H25N3O. The van der Waals surface area contributed by atoms with Crippen molar-refractivity contribution in [3.63, 3.8) is 0 Å². The van der Waals surface area contributed by atoms with E-state index in [0.29, 0.717) is 12.1 Å². The Morgan fingerprint density at radius 2 is 1.48 bits per heavy atom. The van der Waals surface area contributed by atoms with Gasteiger partial charge in [-0.1, -0.05) is 47.1 Å². The predicted molar refractivity (Wildman–Crippen MR) is 111 cm³/mol. The Labute approximate surface area is 160 Å². The van der Waals surface area contributed by atoms with E-state index in [1.807, 2.05) is 26.2 Å². The number of rotatable bonds is 6. The first-order valence-electron chi connectivity index (χ1n) is 9.03. The Morgan fingerprint density at radius 3 is 2.00 bits per heavy atom. The molecule has 0 fully saturated rings. The summed E-state index contributed by atoms with van der Waals surface area (Å²) in [6, 6.07) is 20.9. The zero-order valence-corrected chi connectivity index (χ0v) is 16.0. The van der Waals surface area contributed by atoms with Gasteiger partial charge in [0.15, 0.2) is 0 Å². The quantitative estimate of drug-likeness (QED) is 0.388. The Kier molecular flexibility index (Phi) is 5.87. The van der Waals surface area contributed by atoms with Crippen LogP contribution in [0.1, 0.15) is 34.6 Å². The zero-order valence-electron chi connectivity index (χ0n) is 16.0. The van der Waals surface area contributed by atoms with Crippen LogP contribution in [-0.4, -0.2) is 30.0 Å². The third-order valence-electron chi connectivity index (χ3n) is 4.82. The van der Waals surface area contributed by atoms with Gasteiger partial charge in [0.1, 0.15) is 0 Å². The van der Waals surface area contributed by atoms with Crippen LogP contribution in [0, 0.1) is 6.92 Å². The third kappa shape index (κ3) is 4.53. The second-order valence-corrected chi connectivity index (χ2v) is 6.94. The molecule has 4 nitrogen and oxygen atoms in total. The molecule has 4 heteroatoms. The van der Waals surface area contributed by atoms with E-state index in [1.165, 1.54) is 16.7 Å². The second kappa shape index (κ2) is 8.49. The maximum Gasteiger partial charge on any atom is 0.0878 e.